The Kier molecular flexibility index (Phi) is 14.4. The Morgan fingerprint density at radius 1 is 1.43 bits per heavy atom. The molecule has 0 atom stereocenters. The van der Waals surface area contributed by atoms with Crippen LogP contribution in [-0.4, -0.2) is 24.3 Å². The molecule has 0 unspecified atom stereocenters. The van der Waals surface area contributed by atoms with Gasteiger partial charge in [-0.1, -0.05) is 12.2 Å². The van der Waals surface area contributed by atoms with Gasteiger partial charge in [0, 0.05) is 12.2 Å². The fourth-order valence-corrected chi connectivity index (χ4v) is 0.343. The summed E-state index contributed by atoms with van der Waals surface area (Å²) in [6.07, 6.45) is 5.11. The van der Waals surface area contributed by atoms with Crippen LogP contribution in [-0.2, 0) is 9.53 Å². The zero-order valence-corrected chi connectivity index (χ0v) is 7.85. The summed E-state index contributed by atoms with van der Waals surface area (Å²) in [5.41, 5.74) is 0. The summed E-state index contributed by atoms with van der Waals surface area (Å²) in [4.78, 5) is 9.52. The van der Waals surface area contributed by atoms with Gasteiger partial charge in [-0.25, -0.2) is 4.79 Å². The lowest BCUT2D eigenvalue weighted by Crippen LogP contribution is -1.87. The molecule has 0 amide bonds. The predicted octanol–water partition coefficient (Wildman–Crippen LogP) is 1.53. The van der Waals surface area contributed by atoms with E-state index in [9.17, 15) is 4.79 Å². The Morgan fingerprint density at radius 3 is 2.14 bits per heavy atom. The van der Waals surface area contributed by atoms with Crippen LogP contribution in [0.2, 0.25) is 0 Å². The number of nitrogens with zero attached hydrogens (tertiary/aromatic N) is 1. The first kappa shape index (κ1) is 14.7. The normalized spacial score (nSPS) is 8.21. The molecule has 0 aliphatic heterocycles. The molecule has 1 N–H and O–H groups in total. The van der Waals surface area contributed by atoms with Gasteiger partial charge < -0.3 is 9.84 Å². The highest BCUT2D eigenvalue weighted by molar-refractivity contribution is 5.80. The summed E-state index contributed by atoms with van der Waals surface area (Å²) in [5, 5.41) is 15.5. The lowest BCUT2D eigenvalue weighted by molar-refractivity contribution is -0.131. The maximum absolute atomic E-state index is 9.52. The Hall–Kier alpha value is -1.86. The van der Waals surface area contributed by atoms with Crippen molar-refractivity contribution >= 4 is 5.97 Å². The molecule has 0 aromatic rings. The first-order valence-electron chi connectivity index (χ1n) is 3.77. The van der Waals surface area contributed by atoms with E-state index < -0.39 is 5.97 Å². The number of allylic oxidation sites excluding steroid dienone is 1. The number of carboxylic acid groups (broad SMARTS) is 1. The second-order valence-electron chi connectivity index (χ2n) is 1.92. The molecule has 0 saturated carbocycles. The van der Waals surface area contributed by atoms with Gasteiger partial charge in [0.05, 0.1) is 19.3 Å². The molecule has 0 aliphatic carbocycles. The number of aliphatic carboxylic acids is 1. The lowest BCUT2D eigenvalue weighted by atomic mass is 10.5. The van der Waals surface area contributed by atoms with E-state index >= 15 is 0 Å². The minimum absolute atomic E-state index is 0.617. The average molecular weight is 195 g/mol. The maximum Gasteiger partial charge on any atom is 0.329 e. The van der Waals surface area contributed by atoms with Gasteiger partial charge in [-0.3, -0.25) is 0 Å². The molecule has 0 aromatic carbocycles. The summed E-state index contributed by atoms with van der Waals surface area (Å²) in [7, 11) is 0. The van der Waals surface area contributed by atoms with Crippen molar-refractivity contribution in [1.82, 2.24) is 0 Å². The molecular formula is C10H13NO3. The standard InChI is InChI=1S/C6H10O.C4H3NO2/c1-3-5-7-6-4-2;5-3-1-2-4(6)7/h3-4H,1-2,5-6H2;1-2H,(H,6,7). The quantitative estimate of drug-likeness (QED) is 0.312. The van der Waals surface area contributed by atoms with Crippen LogP contribution >= 0.6 is 0 Å². The van der Waals surface area contributed by atoms with Gasteiger partial charge >= 0.3 is 5.97 Å². The molecule has 0 bridgehead atoms. The first-order valence-corrected chi connectivity index (χ1v) is 3.77. The highest BCUT2D eigenvalue weighted by atomic mass is 16.5. The van der Waals surface area contributed by atoms with Gasteiger partial charge in [0.1, 0.15) is 0 Å². The fraction of sp³-hybridized carbons (Fsp3) is 0.200. The highest BCUT2D eigenvalue weighted by Gasteiger charge is 1.79. The number of ether oxygens (including phenoxy) is 1. The second-order valence-corrected chi connectivity index (χ2v) is 1.92. The van der Waals surface area contributed by atoms with Crippen LogP contribution in [0.15, 0.2) is 37.5 Å². The van der Waals surface area contributed by atoms with Crippen molar-refractivity contribution in [1.29, 1.82) is 5.26 Å². The Morgan fingerprint density at radius 2 is 1.93 bits per heavy atom. The zero-order chi connectivity index (χ0) is 11.2. The van der Waals surface area contributed by atoms with Crippen molar-refractivity contribution in [2.24, 2.45) is 0 Å². The predicted molar refractivity (Wildman–Crippen MR) is 53.6 cm³/mol. The third kappa shape index (κ3) is 22.5. The van der Waals surface area contributed by atoms with Crippen LogP contribution in [0.25, 0.3) is 0 Å². The van der Waals surface area contributed by atoms with Crippen molar-refractivity contribution in [2.45, 2.75) is 0 Å². The number of nitriles is 1. The number of carboxylic acids is 1. The van der Waals surface area contributed by atoms with E-state index in [4.69, 9.17) is 15.1 Å². The van der Waals surface area contributed by atoms with Gasteiger partial charge in [0.15, 0.2) is 0 Å². The number of hydrogen-bond acceptors (Lipinski definition) is 3. The van der Waals surface area contributed by atoms with Gasteiger partial charge in [-0.05, 0) is 0 Å². The Bertz CT molecular complexity index is 230. The van der Waals surface area contributed by atoms with Crippen LogP contribution in [0.5, 0.6) is 0 Å². The molecule has 76 valence electrons. The van der Waals surface area contributed by atoms with Gasteiger partial charge in [-0.15, -0.1) is 13.2 Å². The molecule has 0 saturated heterocycles. The van der Waals surface area contributed by atoms with Crippen LogP contribution < -0.4 is 0 Å². The molecule has 4 nitrogen and oxygen atoms in total. The summed E-state index contributed by atoms with van der Waals surface area (Å²) >= 11 is 0. The van der Waals surface area contributed by atoms with E-state index in [0.29, 0.717) is 13.2 Å². The Balaban J connectivity index is 0. The summed E-state index contributed by atoms with van der Waals surface area (Å²) < 4.78 is 4.90. The fourth-order valence-electron chi connectivity index (χ4n) is 0.343. The molecule has 0 heterocycles. The van der Waals surface area contributed by atoms with Crippen LogP contribution in [0.4, 0.5) is 0 Å². The highest BCUT2D eigenvalue weighted by Crippen LogP contribution is 1.72. The number of carbonyl (C=O) groups is 1. The Labute approximate surface area is 83.4 Å². The molecular weight excluding hydrogens is 182 g/mol. The van der Waals surface area contributed by atoms with Crippen molar-refractivity contribution in [3.8, 4) is 6.07 Å². The van der Waals surface area contributed by atoms with Crippen molar-refractivity contribution < 1.29 is 14.6 Å². The first-order chi connectivity index (χ1) is 6.68. The maximum atomic E-state index is 9.52. The SMILES string of the molecule is C=CCOCC=C.N#CC=CC(=O)O. The summed E-state index contributed by atoms with van der Waals surface area (Å²) in [6, 6.07) is 1.54. The van der Waals surface area contributed by atoms with E-state index in [1.54, 1.807) is 12.2 Å². The van der Waals surface area contributed by atoms with Gasteiger partial charge in [-0.2, -0.15) is 5.26 Å². The molecule has 0 aromatic heterocycles. The van der Waals surface area contributed by atoms with Crippen molar-refractivity contribution in [3.05, 3.63) is 37.5 Å². The van der Waals surface area contributed by atoms with Crippen molar-refractivity contribution in [2.75, 3.05) is 13.2 Å². The molecule has 14 heavy (non-hydrogen) atoms. The van der Waals surface area contributed by atoms with Crippen LogP contribution in [0, 0.1) is 11.3 Å². The monoisotopic (exact) mass is 195 g/mol. The van der Waals surface area contributed by atoms with E-state index in [1.807, 2.05) is 0 Å². The largest absolute Gasteiger partial charge is 0.478 e. The van der Waals surface area contributed by atoms with Gasteiger partial charge in [0.2, 0.25) is 0 Å². The van der Waals surface area contributed by atoms with Crippen LogP contribution in [0.3, 0.4) is 0 Å². The smallest absolute Gasteiger partial charge is 0.329 e. The van der Waals surface area contributed by atoms with E-state index in [-0.39, 0.29) is 0 Å². The molecule has 0 spiro atoms. The third-order valence-electron chi connectivity index (χ3n) is 0.772. The third-order valence-corrected chi connectivity index (χ3v) is 0.772. The zero-order valence-electron chi connectivity index (χ0n) is 7.85. The molecule has 0 radical (unpaired) electrons. The lowest BCUT2D eigenvalue weighted by Gasteiger charge is -1.89. The molecule has 4 heteroatoms. The number of hydrogen-bond donors (Lipinski definition) is 1. The van der Waals surface area contributed by atoms with E-state index in [2.05, 4.69) is 13.2 Å². The van der Waals surface area contributed by atoms with Crippen molar-refractivity contribution in [3.63, 3.8) is 0 Å². The molecule has 0 rings (SSSR count). The summed E-state index contributed by atoms with van der Waals surface area (Å²) in [6.45, 7) is 8.18. The number of rotatable bonds is 5. The van der Waals surface area contributed by atoms with Gasteiger partial charge in [0.25, 0.3) is 0 Å². The minimum Gasteiger partial charge on any atom is -0.478 e. The minimum atomic E-state index is -1.10. The molecule has 0 fully saturated rings. The molecule has 0 aliphatic rings. The second kappa shape index (κ2) is 13.7. The summed E-state index contributed by atoms with van der Waals surface area (Å²) in [5.74, 6) is -1.10. The average Bonchev–Trinajstić information content (AvgIpc) is 2.16. The topological polar surface area (TPSA) is 70.3 Å². The van der Waals surface area contributed by atoms with E-state index in [0.717, 1.165) is 12.2 Å². The van der Waals surface area contributed by atoms with Crippen LogP contribution in [0.1, 0.15) is 0 Å². The van der Waals surface area contributed by atoms with E-state index in [1.165, 1.54) is 6.07 Å².